The monoisotopic (exact) mass is 535 g/mol. The van der Waals surface area contributed by atoms with E-state index in [9.17, 15) is 17.6 Å². The van der Waals surface area contributed by atoms with Gasteiger partial charge in [-0.3, -0.25) is 0 Å². The number of hydrogen-bond acceptors (Lipinski definition) is 9. The van der Waals surface area contributed by atoms with Crippen molar-refractivity contribution in [3.63, 3.8) is 0 Å². The van der Waals surface area contributed by atoms with Crippen LogP contribution in [0, 0.1) is 5.82 Å². The molecular weight excluding hydrogens is 505 g/mol. The van der Waals surface area contributed by atoms with Crippen molar-refractivity contribution in [2.45, 2.75) is 86.8 Å². The highest BCUT2D eigenvalue weighted by Gasteiger charge is 2.45. The first-order valence-corrected chi connectivity index (χ1v) is 14.0. The van der Waals surface area contributed by atoms with Crippen molar-refractivity contribution < 1.29 is 36.6 Å². The molecule has 0 radical (unpaired) electrons. The van der Waals surface area contributed by atoms with Gasteiger partial charge in [-0.25, -0.2) is 17.6 Å². The Morgan fingerprint density at radius 1 is 1.08 bits per heavy atom. The molecule has 2 unspecified atom stereocenters. The molecule has 1 aromatic carbocycles. The zero-order valence-corrected chi connectivity index (χ0v) is 21.7. The maximum absolute atomic E-state index is 14.8. The normalized spacial score (nSPS) is 23.2. The topological polar surface area (TPSA) is 117 Å². The Hall–Kier alpha value is -3.15. The Morgan fingerprint density at radius 3 is 2.35 bits per heavy atom. The number of halogens is 1. The average Bonchev–Trinajstić information content (AvgIpc) is 3.66. The van der Waals surface area contributed by atoms with Crippen LogP contribution in [0.5, 0.6) is 23.3 Å². The van der Waals surface area contributed by atoms with E-state index in [1.165, 1.54) is 25.6 Å². The smallest absolute Gasteiger partial charge is 0.410 e. The second kappa shape index (κ2) is 9.96. The average molecular weight is 536 g/mol. The summed E-state index contributed by atoms with van der Waals surface area (Å²) in [6.45, 7) is 3.65. The third kappa shape index (κ3) is 5.16. The molecule has 3 heterocycles. The number of piperidine rings is 1. The molecule has 10 nitrogen and oxygen atoms in total. The van der Waals surface area contributed by atoms with E-state index < -0.39 is 20.9 Å². The van der Waals surface area contributed by atoms with Gasteiger partial charge in [-0.15, -0.1) is 0 Å². The Morgan fingerprint density at radius 2 is 1.76 bits per heavy atom. The standard InChI is InChI=1S/C25H30FN3O7S/c1-14(2)34-25(30)29-15-4-5-16(29)11-17(10-15)35-23-22(33-3)24(28-13-27-23)36-21-9-8-19(12-20(21)26)37(31,32)18-6-7-18/h8-9,12-18H,4-7,10-11H2,1-3H3/t15-,16?,17?/m0/s1. The van der Waals surface area contributed by atoms with E-state index in [1.807, 2.05) is 18.7 Å². The Bertz CT molecular complexity index is 1270. The summed E-state index contributed by atoms with van der Waals surface area (Å²) in [5.41, 5.74) is 0. The minimum Gasteiger partial charge on any atom is -0.487 e. The van der Waals surface area contributed by atoms with Crippen LogP contribution < -0.4 is 14.2 Å². The molecule has 2 bridgehead atoms. The third-order valence-electron chi connectivity index (χ3n) is 6.86. The molecule has 12 heteroatoms. The van der Waals surface area contributed by atoms with E-state index >= 15 is 0 Å². The van der Waals surface area contributed by atoms with Gasteiger partial charge in [0, 0.05) is 24.9 Å². The number of benzene rings is 1. The molecule has 2 saturated heterocycles. The quantitative estimate of drug-likeness (QED) is 0.488. The summed E-state index contributed by atoms with van der Waals surface area (Å²) in [6, 6.07) is 3.57. The van der Waals surface area contributed by atoms with E-state index in [4.69, 9.17) is 18.9 Å². The fraction of sp³-hybridized carbons (Fsp3) is 0.560. The SMILES string of the molecule is COc1c(Oc2ccc(S(=O)(=O)C3CC3)cc2F)ncnc1OC1CC2CC[C@@H](C1)N2C(=O)OC(C)C. The largest absolute Gasteiger partial charge is 0.487 e. The van der Waals surface area contributed by atoms with Gasteiger partial charge in [-0.05, 0) is 57.7 Å². The van der Waals surface area contributed by atoms with Gasteiger partial charge in [0.25, 0.3) is 11.8 Å². The number of fused-ring (bicyclic) bond motifs is 2. The van der Waals surface area contributed by atoms with Gasteiger partial charge < -0.3 is 23.8 Å². The molecule has 1 aliphatic carbocycles. The van der Waals surface area contributed by atoms with Crippen LogP contribution in [0.3, 0.4) is 0 Å². The van der Waals surface area contributed by atoms with Crippen molar-refractivity contribution in [3.05, 3.63) is 30.3 Å². The molecule has 1 amide bonds. The molecule has 3 aliphatic rings. The Kier molecular flexibility index (Phi) is 6.86. The summed E-state index contributed by atoms with van der Waals surface area (Å²) >= 11 is 0. The van der Waals surface area contributed by atoms with Crippen molar-refractivity contribution in [2.24, 2.45) is 0 Å². The van der Waals surface area contributed by atoms with Gasteiger partial charge in [0.15, 0.2) is 21.4 Å². The van der Waals surface area contributed by atoms with Gasteiger partial charge in [0.1, 0.15) is 12.4 Å². The molecule has 5 rings (SSSR count). The lowest BCUT2D eigenvalue weighted by atomic mass is 10.0. The van der Waals surface area contributed by atoms with Crippen LogP contribution in [0.15, 0.2) is 29.4 Å². The highest BCUT2D eigenvalue weighted by molar-refractivity contribution is 7.92. The minimum absolute atomic E-state index is 0.0121. The highest BCUT2D eigenvalue weighted by atomic mass is 32.2. The van der Waals surface area contributed by atoms with Crippen molar-refractivity contribution in [1.29, 1.82) is 0 Å². The fourth-order valence-electron chi connectivity index (χ4n) is 5.03. The van der Waals surface area contributed by atoms with Gasteiger partial charge >= 0.3 is 6.09 Å². The molecule has 1 saturated carbocycles. The molecule has 37 heavy (non-hydrogen) atoms. The lowest BCUT2D eigenvalue weighted by Crippen LogP contribution is -2.49. The van der Waals surface area contributed by atoms with E-state index in [-0.39, 0.29) is 58.5 Å². The second-order valence-corrected chi connectivity index (χ2v) is 12.1. The first-order valence-electron chi connectivity index (χ1n) is 12.4. The highest BCUT2D eigenvalue weighted by Crippen LogP contribution is 2.42. The van der Waals surface area contributed by atoms with Crippen molar-refractivity contribution in [3.8, 4) is 23.3 Å². The van der Waals surface area contributed by atoms with E-state index in [1.54, 1.807) is 0 Å². The van der Waals surface area contributed by atoms with Crippen molar-refractivity contribution in [2.75, 3.05) is 7.11 Å². The molecule has 3 fully saturated rings. The van der Waals surface area contributed by atoms with Gasteiger partial charge in [0.05, 0.1) is 23.4 Å². The maximum Gasteiger partial charge on any atom is 0.410 e. The zero-order valence-electron chi connectivity index (χ0n) is 20.9. The summed E-state index contributed by atoms with van der Waals surface area (Å²) in [5.74, 6) is -0.867. The lowest BCUT2D eigenvalue weighted by molar-refractivity contribution is 0.0201. The molecule has 3 atom stereocenters. The number of rotatable bonds is 8. The van der Waals surface area contributed by atoms with Crippen molar-refractivity contribution in [1.82, 2.24) is 14.9 Å². The molecule has 0 spiro atoms. The van der Waals surface area contributed by atoms with Crippen LogP contribution >= 0.6 is 0 Å². The van der Waals surface area contributed by atoms with Crippen molar-refractivity contribution >= 4 is 15.9 Å². The molecular formula is C25H30FN3O7S. The summed E-state index contributed by atoms with van der Waals surface area (Å²) < 4.78 is 62.3. The maximum atomic E-state index is 14.8. The Labute approximate surface area is 215 Å². The fourth-order valence-corrected chi connectivity index (χ4v) is 6.70. The van der Waals surface area contributed by atoms with Crippen LogP contribution in [-0.4, -0.2) is 66.0 Å². The molecule has 200 valence electrons. The summed E-state index contributed by atoms with van der Waals surface area (Å²) in [7, 11) is -2.13. The zero-order chi connectivity index (χ0) is 26.3. The minimum atomic E-state index is -3.53. The van der Waals surface area contributed by atoms with Crippen LogP contribution in [0.1, 0.15) is 52.4 Å². The third-order valence-corrected chi connectivity index (χ3v) is 9.12. The predicted octanol–water partition coefficient (Wildman–Crippen LogP) is 4.27. The van der Waals surface area contributed by atoms with Gasteiger partial charge in [-0.2, -0.15) is 9.97 Å². The van der Waals surface area contributed by atoms with Crippen LogP contribution in [0.4, 0.5) is 9.18 Å². The number of aromatic nitrogens is 2. The number of hydrogen-bond donors (Lipinski definition) is 0. The number of methoxy groups -OCH3 is 1. The first kappa shape index (κ1) is 25.5. The van der Waals surface area contributed by atoms with Crippen LogP contribution in [0.25, 0.3) is 0 Å². The van der Waals surface area contributed by atoms with E-state index in [0.717, 1.165) is 18.9 Å². The number of nitrogens with zero attached hydrogens (tertiary/aromatic N) is 3. The summed E-state index contributed by atoms with van der Waals surface area (Å²) in [4.78, 5) is 22.5. The van der Waals surface area contributed by atoms with E-state index in [0.29, 0.717) is 25.7 Å². The molecule has 2 aliphatic heterocycles. The van der Waals surface area contributed by atoms with E-state index in [2.05, 4.69) is 9.97 Å². The number of ether oxygens (including phenoxy) is 4. The van der Waals surface area contributed by atoms with Gasteiger partial charge in [-0.1, -0.05) is 0 Å². The summed E-state index contributed by atoms with van der Waals surface area (Å²) in [6.07, 6.45) is 4.66. The van der Waals surface area contributed by atoms with Crippen LogP contribution in [-0.2, 0) is 14.6 Å². The first-order chi connectivity index (χ1) is 17.7. The molecule has 2 aromatic rings. The number of carbonyl (C=O) groups is 1. The van der Waals surface area contributed by atoms with Crippen LogP contribution in [0.2, 0.25) is 0 Å². The lowest BCUT2D eigenvalue weighted by Gasteiger charge is -2.38. The Balaban J connectivity index is 1.30. The summed E-state index contributed by atoms with van der Waals surface area (Å²) in [5, 5.41) is -0.441. The molecule has 1 aromatic heterocycles. The predicted molar refractivity (Wildman–Crippen MR) is 129 cm³/mol. The second-order valence-electron chi connectivity index (χ2n) is 9.89. The number of carbonyl (C=O) groups excluding carboxylic acids is 1. The van der Waals surface area contributed by atoms with Gasteiger partial charge in [0.2, 0.25) is 5.75 Å². The molecule has 0 N–H and O–H groups in total. The number of amides is 1. The number of sulfone groups is 1.